The maximum absolute atomic E-state index is 10.6. The Balaban J connectivity index is 3.45. The van der Waals surface area contributed by atoms with Gasteiger partial charge < -0.3 is 9.22 Å². The number of ether oxygens (including phenoxy) is 1. The summed E-state index contributed by atoms with van der Waals surface area (Å²) in [5.74, 6) is -0.494. The molecule has 5 nitrogen and oxygen atoms in total. The van der Waals surface area contributed by atoms with E-state index in [-0.39, 0.29) is 6.54 Å². The summed E-state index contributed by atoms with van der Waals surface area (Å²) in [5.41, 5.74) is 0. The molecule has 0 unspecified atom stereocenters. The summed E-state index contributed by atoms with van der Waals surface area (Å²) in [7, 11) is 6.01. The molecule has 0 rings (SSSR count). The first-order chi connectivity index (χ1) is 5.45. The molecule has 0 radical (unpaired) electrons. The highest BCUT2D eigenvalue weighted by Crippen LogP contribution is 1.89. The highest BCUT2D eigenvalue weighted by atomic mass is 16.5. The number of esters is 1. The number of rotatable bonds is 4. The topological polar surface area (TPSA) is 54.5 Å². The number of likely N-dealkylation sites (N-methyl/N-ethyl adjacent to an activating group) is 1. The molecule has 0 bridgehead atoms. The third kappa shape index (κ3) is 6.96. The van der Waals surface area contributed by atoms with E-state index in [0.717, 1.165) is 11.0 Å². The lowest BCUT2D eigenvalue weighted by Crippen LogP contribution is -2.38. The van der Waals surface area contributed by atoms with Crippen molar-refractivity contribution in [2.75, 3.05) is 40.8 Å². The zero-order valence-electron chi connectivity index (χ0n) is 7.78. The lowest BCUT2D eigenvalue weighted by molar-refractivity contribution is -0.870. The normalized spacial score (nSPS) is 10.5. The van der Waals surface area contributed by atoms with Crippen LogP contribution in [0.2, 0.25) is 0 Å². The summed E-state index contributed by atoms with van der Waals surface area (Å²) in [6.45, 7) is 0.826. The van der Waals surface area contributed by atoms with Crippen LogP contribution in [0.3, 0.4) is 0 Å². The van der Waals surface area contributed by atoms with Gasteiger partial charge in [0, 0.05) is 0 Å². The predicted octanol–water partition coefficient (Wildman–Crippen LogP) is 0.0889. The van der Waals surface area contributed by atoms with E-state index in [1.807, 2.05) is 21.1 Å². The Kier molecular flexibility index (Phi) is 4.22. The average molecular weight is 173 g/mol. The van der Waals surface area contributed by atoms with Crippen molar-refractivity contribution in [1.29, 1.82) is 5.39 Å². The largest absolute Gasteiger partial charge is 0.454 e. The summed E-state index contributed by atoms with van der Waals surface area (Å²) in [6, 6.07) is 0. The van der Waals surface area contributed by atoms with Crippen molar-refractivity contribution in [3.8, 4) is 0 Å². The summed E-state index contributed by atoms with van der Waals surface area (Å²) in [5, 5.41) is 8.02. The number of quaternary nitrogens is 1. The monoisotopic (exact) mass is 173 g/mol. The van der Waals surface area contributed by atoms with E-state index in [1.54, 1.807) is 0 Å². The van der Waals surface area contributed by atoms with Gasteiger partial charge in [-0.3, -0.25) is 0 Å². The SMILES string of the molecule is C[N+](C)(C)CCOC(=O)C[N+]#N. The highest BCUT2D eigenvalue weighted by molar-refractivity contribution is 5.73. The summed E-state index contributed by atoms with van der Waals surface area (Å²) in [6.07, 6.45) is 0. The molecule has 0 atom stereocenters. The Labute approximate surface area is 72.1 Å². The molecular formula is C7H15N3O2+2. The molecule has 0 amide bonds. The Morgan fingerprint density at radius 2 is 2.08 bits per heavy atom. The average Bonchev–Trinajstić information content (AvgIpc) is 1.84. The van der Waals surface area contributed by atoms with Crippen molar-refractivity contribution >= 4 is 5.97 Å². The minimum atomic E-state index is -0.494. The van der Waals surface area contributed by atoms with Crippen molar-refractivity contribution in [3.05, 3.63) is 4.98 Å². The lowest BCUT2D eigenvalue weighted by Gasteiger charge is -2.22. The van der Waals surface area contributed by atoms with Gasteiger partial charge in [0.15, 0.2) is 0 Å². The van der Waals surface area contributed by atoms with E-state index in [0.29, 0.717) is 6.61 Å². The van der Waals surface area contributed by atoms with Crippen molar-refractivity contribution in [3.63, 3.8) is 0 Å². The van der Waals surface area contributed by atoms with Crippen molar-refractivity contribution in [2.45, 2.75) is 0 Å². The number of nitrogens with zero attached hydrogens (tertiary/aromatic N) is 3. The van der Waals surface area contributed by atoms with Crippen LogP contribution in [-0.2, 0) is 9.53 Å². The van der Waals surface area contributed by atoms with Gasteiger partial charge >= 0.3 is 12.5 Å². The van der Waals surface area contributed by atoms with Crippen molar-refractivity contribution in [2.24, 2.45) is 0 Å². The predicted molar refractivity (Wildman–Crippen MR) is 43.8 cm³/mol. The molecular weight excluding hydrogens is 158 g/mol. The van der Waals surface area contributed by atoms with Crippen LogP contribution in [0, 0.1) is 5.39 Å². The zero-order valence-corrected chi connectivity index (χ0v) is 7.78. The molecule has 0 saturated carbocycles. The molecule has 0 N–H and O–H groups in total. The maximum Gasteiger partial charge on any atom is 0.399 e. The molecule has 12 heavy (non-hydrogen) atoms. The molecule has 0 aliphatic carbocycles. The minimum Gasteiger partial charge on any atom is -0.454 e. The van der Waals surface area contributed by atoms with Crippen LogP contribution in [0.4, 0.5) is 0 Å². The van der Waals surface area contributed by atoms with Gasteiger partial charge in [-0.1, -0.05) is 0 Å². The van der Waals surface area contributed by atoms with Gasteiger partial charge in [-0.2, -0.15) is 0 Å². The number of carbonyl (C=O) groups excluding carboxylic acids is 1. The van der Waals surface area contributed by atoms with Crippen molar-refractivity contribution < 1.29 is 14.0 Å². The standard InChI is InChI=1S/C7H15N3O2/c1-10(2,3)4-5-12-7(11)6-9-8/h4-6H2,1-3H3/q+2. The molecule has 0 aromatic carbocycles. The van der Waals surface area contributed by atoms with E-state index in [9.17, 15) is 4.79 Å². The molecule has 0 heterocycles. The molecule has 0 aromatic rings. The quantitative estimate of drug-likeness (QED) is 0.344. The second-order valence-corrected chi connectivity index (χ2v) is 3.53. The minimum absolute atomic E-state index is 0.281. The number of hydrogen-bond acceptors (Lipinski definition) is 3. The molecule has 0 saturated heterocycles. The van der Waals surface area contributed by atoms with Gasteiger partial charge in [-0.05, 0) is 0 Å². The Morgan fingerprint density at radius 3 is 2.50 bits per heavy atom. The van der Waals surface area contributed by atoms with Gasteiger partial charge in [0.2, 0.25) is 5.39 Å². The van der Waals surface area contributed by atoms with Crippen LogP contribution < -0.4 is 0 Å². The fourth-order valence-corrected chi connectivity index (χ4v) is 0.537. The van der Waals surface area contributed by atoms with Crippen LogP contribution in [0.25, 0.3) is 4.98 Å². The van der Waals surface area contributed by atoms with Crippen LogP contribution >= 0.6 is 0 Å². The van der Waals surface area contributed by atoms with E-state index >= 15 is 0 Å². The van der Waals surface area contributed by atoms with Gasteiger partial charge in [-0.15, -0.1) is 0 Å². The van der Waals surface area contributed by atoms with Gasteiger partial charge in [0.25, 0.3) is 0 Å². The fraction of sp³-hybridized carbons (Fsp3) is 0.857. The third-order valence-corrected chi connectivity index (χ3v) is 1.22. The molecule has 0 fully saturated rings. The smallest absolute Gasteiger partial charge is 0.399 e. The lowest BCUT2D eigenvalue weighted by atomic mass is 10.5. The Morgan fingerprint density at radius 1 is 1.50 bits per heavy atom. The molecule has 5 heteroatoms. The molecule has 0 aliphatic heterocycles. The van der Waals surface area contributed by atoms with E-state index < -0.39 is 5.97 Å². The highest BCUT2D eigenvalue weighted by Gasteiger charge is 2.12. The maximum atomic E-state index is 10.6. The third-order valence-electron chi connectivity index (χ3n) is 1.22. The van der Waals surface area contributed by atoms with E-state index in [4.69, 9.17) is 10.1 Å². The fourth-order valence-electron chi connectivity index (χ4n) is 0.537. The Bertz CT molecular complexity index is 190. The molecule has 0 spiro atoms. The van der Waals surface area contributed by atoms with E-state index in [2.05, 4.69) is 4.98 Å². The van der Waals surface area contributed by atoms with Crippen LogP contribution in [-0.4, -0.2) is 51.3 Å². The Hall–Kier alpha value is -1.15. The van der Waals surface area contributed by atoms with Crippen molar-refractivity contribution in [1.82, 2.24) is 0 Å². The number of carbonyl (C=O) groups is 1. The van der Waals surface area contributed by atoms with Crippen LogP contribution in [0.5, 0.6) is 0 Å². The summed E-state index contributed by atoms with van der Waals surface area (Å²) in [4.78, 5) is 13.3. The summed E-state index contributed by atoms with van der Waals surface area (Å²) < 4.78 is 5.49. The second-order valence-electron chi connectivity index (χ2n) is 3.53. The zero-order chi connectivity index (χ0) is 9.61. The number of diazo groups is 1. The number of hydrogen-bond donors (Lipinski definition) is 0. The second kappa shape index (κ2) is 4.67. The first-order valence-electron chi connectivity index (χ1n) is 3.72. The molecule has 0 aliphatic rings. The first kappa shape index (κ1) is 10.8. The van der Waals surface area contributed by atoms with Gasteiger partial charge in [-0.25, -0.2) is 4.79 Å². The van der Waals surface area contributed by atoms with Gasteiger partial charge in [0.05, 0.1) is 21.1 Å². The first-order valence-corrected chi connectivity index (χ1v) is 3.72. The molecule has 0 aromatic heterocycles. The van der Waals surface area contributed by atoms with Gasteiger partial charge in [0.1, 0.15) is 18.1 Å². The van der Waals surface area contributed by atoms with E-state index in [1.165, 1.54) is 0 Å². The van der Waals surface area contributed by atoms with Crippen LogP contribution in [0.15, 0.2) is 0 Å². The summed E-state index contributed by atoms with van der Waals surface area (Å²) >= 11 is 0. The molecule has 68 valence electrons. The van der Waals surface area contributed by atoms with Crippen LogP contribution in [0.1, 0.15) is 0 Å².